The van der Waals surface area contributed by atoms with Gasteiger partial charge in [-0.2, -0.15) is 0 Å². The number of aromatic nitrogens is 2. The molecule has 0 amide bonds. The van der Waals surface area contributed by atoms with Crippen LogP contribution in [0.3, 0.4) is 0 Å². The van der Waals surface area contributed by atoms with Gasteiger partial charge >= 0.3 is 0 Å². The normalized spacial score (nSPS) is 19.5. The predicted octanol–water partition coefficient (Wildman–Crippen LogP) is 3.78. The summed E-state index contributed by atoms with van der Waals surface area (Å²) in [5.74, 6) is 2.38. The smallest absolute Gasteiger partial charge is 0.225 e. The summed E-state index contributed by atoms with van der Waals surface area (Å²) in [7, 11) is -3.13. The molecule has 1 aromatic heterocycles. The minimum atomic E-state index is -3.13. The van der Waals surface area contributed by atoms with Crippen LogP contribution in [0, 0.1) is 11.8 Å². The Morgan fingerprint density at radius 2 is 1.34 bits per heavy atom. The molecule has 0 atom stereocenters. The van der Waals surface area contributed by atoms with E-state index >= 15 is 0 Å². The van der Waals surface area contributed by atoms with E-state index in [4.69, 9.17) is 0 Å². The number of halogens is 1. The van der Waals surface area contributed by atoms with Gasteiger partial charge in [-0.1, -0.05) is 0 Å². The summed E-state index contributed by atoms with van der Waals surface area (Å²) in [4.78, 5) is 13.9. The van der Waals surface area contributed by atoms with E-state index in [0.29, 0.717) is 4.90 Å². The molecule has 2 aliphatic heterocycles. The highest BCUT2D eigenvalue weighted by atomic mass is 79.9. The van der Waals surface area contributed by atoms with Crippen molar-refractivity contribution in [1.82, 2.24) is 9.97 Å². The largest absolute Gasteiger partial charge is 0.372 e. The van der Waals surface area contributed by atoms with Gasteiger partial charge in [-0.25, -0.2) is 18.4 Å². The van der Waals surface area contributed by atoms with Gasteiger partial charge < -0.3 is 9.80 Å². The van der Waals surface area contributed by atoms with Crippen LogP contribution in [0.15, 0.2) is 46.0 Å². The predicted molar refractivity (Wildman–Crippen MR) is 119 cm³/mol. The van der Waals surface area contributed by atoms with Crippen LogP contribution in [-0.4, -0.2) is 50.8 Å². The highest BCUT2D eigenvalue weighted by Gasteiger charge is 2.30. The molecular weight excluding hydrogens is 452 g/mol. The lowest BCUT2D eigenvalue weighted by atomic mass is 9.79. The van der Waals surface area contributed by atoms with E-state index in [-0.39, 0.29) is 0 Å². The van der Waals surface area contributed by atoms with E-state index in [2.05, 4.69) is 35.7 Å². The van der Waals surface area contributed by atoms with Crippen LogP contribution in [0.1, 0.15) is 25.7 Å². The first-order valence-electron chi connectivity index (χ1n) is 10.2. The number of hydrogen-bond acceptors (Lipinski definition) is 6. The van der Waals surface area contributed by atoms with Crippen molar-refractivity contribution < 1.29 is 8.42 Å². The first-order chi connectivity index (χ1) is 13.9. The summed E-state index contributed by atoms with van der Waals surface area (Å²) < 4.78 is 24.2. The van der Waals surface area contributed by atoms with Gasteiger partial charge in [0, 0.05) is 50.5 Å². The Morgan fingerprint density at radius 3 is 1.83 bits per heavy atom. The molecule has 3 heterocycles. The van der Waals surface area contributed by atoms with E-state index in [1.807, 2.05) is 24.5 Å². The first-order valence-corrected chi connectivity index (χ1v) is 12.9. The number of nitrogens with zero attached hydrogens (tertiary/aromatic N) is 4. The molecule has 2 aromatic rings. The molecule has 2 saturated heterocycles. The summed E-state index contributed by atoms with van der Waals surface area (Å²) >= 11 is 3.39. The van der Waals surface area contributed by atoms with Crippen molar-refractivity contribution in [1.29, 1.82) is 0 Å². The molecule has 2 fully saturated rings. The van der Waals surface area contributed by atoms with Crippen LogP contribution in [0.5, 0.6) is 0 Å². The van der Waals surface area contributed by atoms with Gasteiger partial charge in [0.15, 0.2) is 9.84 Å². The van der Waals surface area contributed by atoms with E-state index in [0.717, 1.165) is 54.1 Å². The minimum Gasteiger partial charge on any atom is -0.372 e. The Kier molecular flexibility index (Phi) is 6.11. The average molecular weight is 479 g/mol. The SMILES string of the molecule is CS(=O)(=O)c1ccc(N2CCC(C3CCN(c4ncc(Br)cn4)CC3)CC2)cc1. The maximum Gasteiger partial charge on any atom is 0.225 e. The fourth-order valence-corrected chi connectivity index (χ4v) is 5.41. The van der Waals surface area contributed by atoms with Gasteiger partial charge in [-0.05, 0) is 77.7 Å². The van der Waals surface area contributed by atoms with Gasteiger partial charge in [-0.3, -0.25) is 0 Å². The van der Waals surface area contributed by atoms with Crippen molar-refractivity contribution in [2.24, 2.45) is 11.8 Å². The van der Waals surface area contributed by atoms with Gasteiger partial charge in [0.1, 0.15) is 0 Å². The van der Waals surface area contributed by atoms with Crippen LogP contribution < -0.4 is 9.80 Å². The van der Waals surface area contributed by atoms with Crippen LogP contribution in [0.25, 0.3) is 0 Å². The molecular formula is C21H27BrN4O2S. The zero-order valence-electron chi connectivity index (χ0n) is 16.7. The fourth-order valence-electron chi connectivity index (χ4n) is 4.57. The Labute approximate surface area is 181 Å². The Bertz CT molecular complexity index is 918. The molecule has 156 valence electrons. The standard InChI is InChI=1S/C21H27BrN4O2S/c1-29(27,28)20-4-2-19(3-5-20)25-10-6-16(7-11-25)17-8-12-26(13-9-17)21-23-14-18(22)15-24-21/h2-5,14-17H,6-13H2,1H3. The van der Waals surface area contributed by atoms with Gasteiger partial charge in [0.05, 0.1) is 9.37 Å². The van der Waals surface area contributed by atoms with Crippen molar-refractivity contribution in [3.63, 3.8) is 0 Å². The molecule has 6 nitrogen and oxygen atoms in total. The van der Waals surface area contributed by atoms with Crippen LogP contribution >= 0.6 is 15.9 Å². The van der Waals surface area contributed by atoms with Crippen LogP contribution in [-0.2, 0) is 9.84 Å². The molecule has 0 saturated carbocycles. The number of piperidine rings is 2. The summed E-state index contributed by atoms with van der Waals surface area (Å²) in [5, 5.41) is 0. The number of sulfone groups is 1. The van der Waals surface area contributed by atoms with Crippen molar-refractivity contribution in [2.75, 3.05) is 42.2 Å². The quantitative estimate of drug-likeness (QED) is 0.665. The second-order valence-electron chi connectivity index (χ2n) is 8.12. The monoisotopic (exact) mass is 478 g/mol. The molecule has 8 heteroatoms. The minimum absolute atomic E-state index is 0.387. The lowest BCUT2D eigenvalue weighted by molar-refractivity contribution is 0.232. The zero-order valence-corrected chi connectivity index (χ0v) is 19.1. The second kappa shape index (κ2) is 8.60. The molecule has 0 radical (unpaired) electrons. The topological polar surface area (TPSA) is 66.4 Å². The van der Waals surface area contributed by atoms with E-state index in [1.165, 1.54) is 31.9 Å². The Morgan fingerprint density at radius 1 is 0.862 bits per heavy atom. The Balaban J connectivity index is 1.28. The summed E-state index contributed by atoms with van der Waals surface area (Å²) in [6.45, 7) is 4.14. The average Bonchev–Trinajstić information content (AvgIpc) is 2.74. The molecule has 0 aliphatic carbocycles. The van der Waals surface area contributed by atoms with Crippen LogP contribution in [0.4, 0.5) is 11.6 Å². The third kappa shape index (κ3) is 4.91. The third-order valence-corrected chi connectivity index (χ3v) is 7.80. The zero-order chi connectivity index (χ0) is 20.4. The van der Waals surface area contributed by atoms with Gasteiger partial charge in [0.25, 0.3) is 0 Å². The number of rotatable bonds is 4. The Hall–Kier alpha value is -1.67. The summed E-state index contributed by atoms with van der Waals surface area (Å²) in [6, 6.07) is 7.31. The van der Waals surface area contributed by atoms with Crippen molar-refractivity contribution >= 4 is 37.4 Å². The maximum atomic E-state index is 11.6. The second-order valence-corrected chi connectivity index (χ2v) is 11.0. The van der Waals surface area contributed by atoms with E-state index < -0.39 is 9.84 Å². The maximum absolute atomic E-state index is 11.6. The van der Waals surface area contributed by atoms with E-state index in [1.54, 1.807) is 12.1 Å². The van der Waals surface area contributed by atoms with Gasteiger partial charge in [-0.15, -0.1) is 0 Å². The first kappa shape index (κ1) is 20.6. The molecule has 29 heavy (non-hydrogen) atoms. The molecule has 0 spiro atoms. The fraction of sp³-hybridized carbons (Fsp3) is 0.524. The number of hydrogen-bond donors (Lipinski definition) is 0. The molecule has 4 rings (SSSR count). The number of benzene rings is 1. The molecule has 0 bridgehead atoms. The highest BCUT2D eigenvalue weighted by molar-refractivity contribution is 9.10. The highest BCUT2D eigenvalue weighted by Crippen LogP contribution is 2.34. The van der Waals surface area contributed by atoms with Crippen molar-refractivity contribution in [2.45, 2.75) is 30.6 Å². The van der Waals surface area contributed by atoms with Crippen molar-refractivity contribution in [3.8, 4) is 0 Å². The van der Waals surface area contributed by atoms with Crippen molar-refractivity contribution in [3.05, 3.63) is 41.1 Å². The molecule has 0 unspecified atom stereocenters. The lowest BCUT2D eigenvalue weighted by Crippen LogP contribution is -2.41. The molecule has 2 aliphatic rings. The van der Waals surface area contributed by atoms with Crippen LogP contribution in [0.2, 0.25) is 0 Å². The lowest BCUT2D eigenvalue weighted by Gasteiger charge is -2.40. The number of anilines is 2. The molecule has 1 aromatic carbocycles. The van der Waals surface area contributed by atoms with Gasteiger partial charge in [0.2, 0.25) is 5.95 Å². The summed E-state index contributed by atoms with van der Waals surface area (Å²) in [6.07, 6.45) is 9.68. The molecule has 0 N–H and O–H groups in total. The summed E-state index contributed by atoms with van der Waals surface area (Å²) in [5.41, 5.74) is 1.12. The third-order valence-electron chi connectivity index (χ3n) is 6.27. The van der Waals surface area contributed by atoms with E-state index in [9.17, 15) is 8.42 Å².